The van der Waals surface area contributed by atoms with Gasteiger partial charge in [0.25, 0.3) is 0 Å². The maximum atomic E-state index is 12.2. The lowest BCUT2D eigenvalue weighted by molar-refractivity contribution is -0.144. The molecule has 1 heterocycles. The summed E-state index contributed by atoms with van der Waals surface area (Å²) in [7, 11) is 0. The van der Waals surface area contributed by atoms with Gasteiger partial charge in [-0.05, 0) is 12.8 Å². The zero-order valence-corrected chi connectivity index (χ0v) is 8.40. The second-order valence-electron chi connectivity index (χ2n) is 3.20. The van der Waals surface area contributed by atoms with E-state index in [1.54, 1.807) is 0 Å². The van der Waals surface area contributed by atoms with E-state index in [9.17, 15) is 13.2 Å². The molecule has 1 aliphatic carbocycles. The zero-order valence-electron chi connectivity index (χ0n) is 7.58. The van der Waals surface area contributed by atoms with Crippen molar-refractivity contribution in [3.05, 3.63) is 18.0 Å². The molecule has 0 spiro atoms. The molecule has 0 aromatic carbocycles. The molecule has 1 aromatic heterocycles. The Hall–Kier alpha value is -1.11. The first-order valence-electron chi connectivity index (χ1n) is 4.38. The first-order chi connectivity index (χ1) is 7.05. The molecule has 0 saturated carbocycles. The van der Waals surface area contributed by atoms with E-state index < -0.39 is 12.0 Å². The number of anilines is 1. The summed E-state index contributed by atoms with van der Waals surface area (Å²) in [5, 5.41) is 3.15. The molecule has 1 aromatic rings. The average molecular weight is 235 g/mol. The molecular weight excluding hydrogens is 227 g/mol. The van der Waals surface area contributed by atoms with Crippen LogP contribution in [-0.4, -0.2) is 15.4 Å². The normalized spacial score (nSPS) is 17.3. The van der Waals surface area contributed by atoms with Gasteiger partial charge in [0.05, 0.1) is 0 Å². The maximum absolute atomic E-state index is 12.2. The van der Waals surface area contributed by atoms with Gasteiger partial charge in [0.15, 0.2) is 0 Å². The quantitative estimate of drug-likeness (QED) is 0.801. The van der Waals surface area contributed by atoms with Gasteiger partial charge >= 0.3 is 6.18 Å². The molecule has 0 saturated heterocycles. The van der Waals surface area contributed by atoms with Crippen molar-refractivity contribution < 1.29 is 13.2 Å². The standard InChI is InChI=1S/C8H8F3N3S/c9-8(10,11)6-13-7(15-14-6)12-5-3-1-2-4-5/h1-2,5H,3-4H2,(H,12,13,14). The molecule has 0 fully saturated rings. The van der Waals surface area contributed by atoms with Crippen molar-refractivity contribution in [2.24, 2.45) is 0 Å². The van der Waals surface area contributed by atoms with Crippen LogP contribution in [0, 0.1) is 0 Å². The van der Waals surface area contributed by atoms with Gasteiger partial charge in [-0.2, -0.15) is 22.5 Å². The lowest BCUT2D eigenvalue weighted by Crippen LogP contribution is -2.15. The van der Waals surface area contributed by atoms with Crippen molar-refractivity contribution in [3.63, 3.8) is 0 Å². The lowest BCUT2D eigenvalue weighted by atomic mass is 10.2. The van der Waals surface area contributed by atoms with Gasteiger partial charge in [-0.15, -0.1) is 0 Å². The van der Waals surface area contributed by atoms with Gasteiger partial charge in [-0.1, -0.05) is 12.2 Å². The highest BCUT2D eigenvalue weighted by Crippen LogP contribution is 2.29. The summed E-state index contributed by atoms with van der Waals surface area (Å²) in [6, 6.07) is 0.152. The van der Waals surface area contributed by atoms with Crippen LogP contribution in [0.1, 0.15) is 18.7 Å². The van der Waals surface area contributed by atoms with Crippen LogP contribution in [-0.2, 0) is 6.18 Å². The third-order valence-electron chi connectivity index (χ3n) is 2.02. The summed E-state index contributed by atoms with van der Waals surface area (Å²) < 4.78 is 39.7. The van der Waals surface area contributed by atoms with E-state index in [0.29, 0.717) is 0 Å². The molecule has 82 valence electrons. The van der Waals surface area contributed by atoms with Gasteiger partial charge in [0.2, 0.25) is 11.0 Å². The first kappa shape index (κ1) is 10.4. The molecular formula is C8H8F3N3S. The van der Waals surface area contributed by atoms with Crippen LogP contribution in [0.3, 0.4) is 0 Å². The summed E-state index contributed by atoms with van der Waals surface area (Å²) in [5.41, 5.74) is 0. The summed E-state index contributed by atoms with van der Waals surface area (Å²) >= 11 is 0.743. The predicted molar refractivity (Wildman–Crippen MR) is 50.7 cm³/mol. The third kappa shape index (κ3) is 2.47. The van der Waals surface area contributed by atoms with E-state index in [0.717, 1.165) is 24.4 Å². The van der Waals surface area contributed by atoms with Gasteiger partial charge < -0.3 is 5.32 Å². The van der Waals surface area contributed by atoms with Crippen molar-refractivity contribution in [3.8, 4) is 0 Å². The van der Waals surface area contributed by atoms with E-state index in [-0.39, 0.29) is 11.2 Å². The van der Waals surface area contributed by atoms with E-state index in [4.69, 9.17) is 0 Å². The minimum atomic E-state index is -4.45. The summed E-state index contributed by atoms with van der Waals surface area (Å²) in [4.78, 5) is 3.39. The van der Waals surface area contributed by atoms with Crippen LogP contribution in [0.5, 0.6) is 0 Å². The van der Waals surface area contributed by atoms with Gasteiger partial charge in [-0.25, -0.2) is 0 Å². The Bertz CT molecular complexity index is 363. The Morgan fingerprint density at radius 1 is 1.33 bits per heavy atom. The molecule has 2 rings (SSSR count). The molecule has 3 nitrogen and oxygen atoms in total. The first-order valence-corrected chi connectivity index (χ1v) is 5.15. The highest BCUT2D eigenvalue weighted by molar-refractivity contribution is 7.09. The van der Waals surface area contributed by atoms with E-state index >= 15 is 0 Å². The SMILES string of the molecule is FC(F)(F)c1nsc(NC2CC=CC2)n1. The summed E-state index contributed by atoms with van der Waals surface area (Å²) in [5.74, 6) is -1.07. The second-order valence-corrected chi connectivity index (χ2v) is 3.96. The smallest absolute Gasteiger partial charge is 0.357 e. The molecule has 1 N–H and O–H groups in total. The van der Waals surface area contributed by atoms with E-state index in [2.05, 4.69) is 14.7 Å². The number of hydrogen-bond acceptors (Lipinski definition) is 4. The van der Waals surface area contributed by atoms with Crippen LogP contribution >= 0.6 is 11.5 Å². The molecule has 15 heavy (non-hydrogen) atoms. The molecule has 7 heteroatoms. The van der Waals surface area contributed by atoms with Crippen molar-refractivity contribution >= 4 is 16.7 Å². The highest BCUT2D eigenvalue weighted by atomic mass is 32.1. The number of rotatable bonds is 2. The monoisotopic (exact) mass is 235 g/mol. The second kappa shape index (κ2) is 3.80. The molecule has 0 unspecified atom stereocenters. The van der Waals surface area contributed by atoms with Crippen molar-refractivity contribution in [2.45, 2.75) is 25.1 Å². The minimum Gasteiger partial charge on any atom is -0.357 e. The van der Waals surface area contributed by atoms with Crippen LogP contribution in [0.25, 0.3) is 0 Å². The molecule has 0 amide bonds. The number of nitrogens with one attached hydrogen (secondary N) is 1. The molecule has 0 radical (unpaired) electrons. The third-order valence-corrected chi connectivity index (χ3v) is 2.66. The highest BCUT2D eigenvalue weighted by Gasteiger charge is 2.36. The van der Waals surface area contributed by atoms with Gasteiger partial charge in [0, 0.05) is 17.6 Å². The van der Waals surface area contributed by atoms with E-state index in [1.165, 1.54) is 0 Å². The Balaban J connectivity index is 2.01. The average Bonchev–Trinajstić information content (AvgIpc) is 2.73. The van der Waals surface area contributed by atoms with Crippen LogP contribution in [0.2, 0.25) is 0 Å². The number of hydrogen-bond donors (Lipinski definition) is 1. The number of nitrogens with zero attached hydrogens (tertiary/aromatic N) is 2. The van der Waals surface area contributed by atoms with Gasteiger partial charge in [-0.3, -0.25) is 0 Å². The van der Waals surface area contributed by atoms with E-state index in [1.807, 2.05) is 12.2 Å². The van der Waals surface area contributed by atoms with Crippen molar-refractivity contribution in [2.75, 3.05) is 5.32 Å². The predicted octanol–water partition coefficient (Wildman–Crippen LogP) is 2.69. The Labute approximate surface area is 88.2 Å². The van der Waals surface area contributed by atoms with Crippen molar-refractivity contribution in [1.29, 1.82) is 0 Å². The topological polar surface area (TPSA) is 37.8 Å². The largest absolute Gasteiger partial charge is 0.452 e. The molecule has 0 atom stereocenters. The fourth-order valence-corrected chi connectivity index (χ4v) is 1.97. The van der Waals surface area contributed by atoms with Crippen molar-refractivity contribution in [1.82, 2.24) is 9.36 Å². The molecule has 0 bridgehead atoms. The van der Waals surface area contributed by atoms with Crippen LogP contribution < -0.4 is 5.32 Å². The number of halogens is 3. The summed E-state index contributed by atoms with van der Waals surface area (Å²) in [6.45, 7) is 0. The molecule has 1 aliphatic rings. The fraction of sp³-hybridized carbons (Fsp3) is 0.500. The number of alkyl halides is 3. The minimum absolute atomic E-state index is 0.152. The summed E-state index contributed by atoms with van der Waals surface area (Å²) in [6.07, 6.45) is 1.17. The van der Waals surface area contributed by atoms with Gasteiger partial charge in [0.1, 0.15) is 0 Å². The Kier molecular flexibility index (Phi) is 2.64. The Morgan fingerprint density at radius 3 is 2.53 bits per heavy atom. The zero-order chi connectivity index (χ0) is 10.9. The molecule has 0 aliphatic heterocycles. The fourth-order valence-electron chi connectivity index (χ4n) is 1.31. The Morgan fingerprint density at radius 2 is 2.00 bits per heavy atom. The van der Waals surface area contributed by atoms with Crippen LogP contribution in [0.4, 0.5) is 18.3 Å². The van der Waals surface area contributed by atoms with Crippen LogP contribution in [0.15, 0.2) is 12.2 Å². The maximum Gasteiger partial charge on any atom is 0.452 e. The lowest BCUT2D eigenvalue weighted by Gasteiger charge is -2.08. The number of aromatic nitrogens is 2.